The maximum Gasteiger partial charge on any atom is 0.336 e. The van der Waals surface area contributed by atoms with E-state index in [1.165, 1.54) is 37.3 Å². The second-order valence-corrected chi connectivity index (χ2v) is 9.01. The molecule has 12 heteroatoms. The van der Waals surface area contributed by atoms with Crippen molar-refractivity contribution in [1.82, 2.24) is 4.90 Å². The number of fused-ring (bicyclic) bond motifs is 1. The summed E-state index contributed by atoms with van der Waals surface area (Å²) in [4.78, 5) is 67.9. The van der Waals surface area contributed by atoms with E-state index in [1.807, 2.05) is 0 Å². The molecule has 38 heavy (non-hydrogen) atoms. The molecule has 2 aliphatic rings. The predicted molar refractivity (Wildman–Crippen MR) is 135 cm³/mol. The Hall–Kier alpha value is -4.38. The van der Waals surface area contributed by atoms with Crippen molar-refractivity contribution in [3.8, 4) is 0 Å². The molecule has 2 unspecified atom stereocenters. The predicted octanol–water partition coefficient (Wildman–Crippen LogP) is 3.71. The zero-order chi connectivity index (χ0) is 27.7. The number of rotatable bonds is 7. The van der Waals surface area contributed by atoms with E-state index >= 15 is 0 Å². The summed E-state index contributed by atoms with van der Waals surface area (Å²) < 4.78 is 10.4. The molecule has 2 aliphatic heterocycles. The average Bonchev–Trinajstić information content (AvgIpc) is 3.12. The van der Waals surface area contributed by atoms with Crippen LogP contribution < -0.4 is 0 Å². The van der Waals surface area contributed by atoms with Crippen LogP contribution in [0.4, 0.5) is 5.69 Å². The minimum absolute atomic E-state index is 0.0306. The van der Waals surface area contributed by atoms with Gasteiger partial charge in [0.25, 0.3) is 17.5 Å². The second kappa shape index (κ2) is 10.5. The van der Waals surface area contributed by atoms with Crippen LogP contribution in [-0.4, -0.2) is 59.5 Å². The number of hydrogen-bond donors (Lipinski definition) is 0. The summed E-state index contributed by atoms with van der Waals surface area (Å²) in [6.07, 6.45) is 0. The van der Waals surface area contributed by atoms with Gasteiger partial charge in [-0.3, -0.25) is 34.4 Å². The maximum absolute atomic E-state index is 13.4. The molecule has 0 bridgehead atoms. The normalized spacial score (nSPS) is 18.7. The molecule has 0 aromatic heterocycles. The van der Waals surface area contributed by atoms with E-state index in [0.717, 1.165) is 12.0 Å². The summed E-state index contributed by atoms with van der Waals surface area (Å²) >= 11 is 6.40. The third-order valence-electron chi connectivity index (χ3n) is 6.47. The van der Waals surface area contributed by atoms with Gasteiger partial charge < -0.3 is 9.47 Å². The van der Waals surface area contributed by atoms with Crippen LogP contribution >= 0.6 is 11.6 Å². The van der Waals surface area contributed by atoms with Crippen molar-refractivity contribution < 1.29 is 33.6 Å². The van der Waals surface area contributed by atoms with Gasteiger partial charge in [-0.1, -0.05) is 29.8 Å². The van der Waals surface area contributed by atoms with Crippen molar-refractivity contribution in [2.45, 2.75) is 19.8 Å². The van der Waals surface area contributed by atoms with E-state index < -0.39 is 46.2 Å². The third-order valence-corrected chi connectivity index (χ3v) is 6.80. The highest BCUT2D eigenvalue weighted by Gasteiger charge is 2.46. The van der Waals surface area contributed by atoms with E-state index in [4.69, 9.17) is 21.1 Å². The number of imide groups is 1. The maximum atomic E-state index is 13.4. The number of nitrogens with zero attached hydrogens (tertiary/aromatic N) is 3. The number of nitro benzene ring substituents is 1. The number of esters is 2. The first-order chi connectivity index (χ1) is 18.1. The van der Waals surface area contributed by atoms with Gasteiger partial charge in [0.1, 0.15) is 12.5 Å². The summed E-state index contributed by atoms with van der Waals surface area (Å²) in [6.45, 7) is 2.48. The Balaban J connectivity index is 1.66. The number of nitro groups is 1. The Morgan fingerprint density at radius 1 is 1.08 bits per heavy atom. The lowest BCUT2D eigenvalue weighted by Gasteiger charge is -2.31. The monoisotopic (exact) mass is 539 g/mol. The molecular formula is C26H22ClN3O8. The van der Waals surface area contributed by atoms with Gasteiger partial charge in [-0.2, -0.15) is 0 Å². The summed E-state index contributed by atoms with van der Waals surface area (Å²) in [7, 11) is 1.15. The number of methoxy groups -OCH3 is 1. The van der Waals surface area contributed by atoms with Crippen LogP contribution in [0.25, 0.3) is 0 Å². The Labute approximate surface area is 221 Å². The smallest absolute Gasteiger partial charge is 0.336 e. The Kier molecular flexibility index (Phi) is 7.40. The van der Waals surface area contributed by atoms with E-state index in [2.05, 4.69) is 4.99 Å². The lowest BCUT2D eigenvalue weighted by molar-refractivity contribution is -0.385. The Morgan fingerprint density at radius 3 is 2.29 bits per heavy atom. The third kappa shape index (κ3) is 4.56. The highest BCUT2D eigenvalue weighted by atomic mass is 35.5. The molecule has 0 spiro atoms. The summed E-state index contributed by atoms with van der Waals surface area (Å²) in [5.74, 6) is -5.14. The molecule has 2 atom stereocenters. The fourth-order valence-electron chi connectivity index (χ4n) is 4.79. The molecule has 196 valence electrons. The molecule has 0 radical (unpaired) electrons. The van der Waals surface area contributed by atoms with Crippen LogP contribution in [0.5, 0.6) is 0 Å². The van der Waals surface area contributed by atoms with Gasteiger partial charge in [-0.25, -0.2) is 4.79 Å². The standard InChI is InChI=1S/C26H22ClN3O8/c1-13-19(25(33)37-3)22(21-17(27)9-6-10-18(21)30(35)36)20(14(2)28-13)26(34)38-12-11-29-23(31)15-7-4-5-8-16(15)24(29)32/h4-10,19,22H,11-12H2,1-3H3. The minimum atomic E-state index is -1.24. The van der Waals surface area contributed by atoms with Crippen LogP contribution in [0.2, 0.25) is 5.02 Å². The Bertz CT molecular complexity index is 1410. The van der Waals surface area contributed by atoms with Gasteiger partial charge >= 0.3 is 11.9 Å². The number of halogens is 1. The first-order valence-corrected chi connectivity index (χ1v) is 11.8. The average molecular weight is 540 g/mol. The van der Waals surface area contributed by atoms with E-state index in [0.29, 0.717) is 0 Å². The molecule has 4 rings (SSSR count). The van der Waals surface area contributed by atoms with E-state index in [9.17, 15) is 29.3 Å². The molecule has 2 amide bonds. The summed E-state index contributed by atoms with van der Waals surface area (Å²) in [6, 6.07) is 10.4. The lowest BCUT2D eigenvalue weighted by atomic mass is 9.75. The molecule has 2 aromatic carbocycles. The van der Waals surface area contributed by atoms with Crippen molar-refractivity contribution in [2.24, 2.45) is 10.9 Å². The number of allylic oxidation sites excluding steroid dienone is 1. The van der Waals surface area contributed by atoms with Crippen molar-refractivity contribution in [1.29, 1.82) is 0 Å². The Morgan fingerprint density at radius 2 is 1.71 bits per heavy atom. The van der Waals surface area contributed by atoms with Crippen LogP contribution in [0.3, 0.4) is 0 Å². The minimum Gasteiger partial charge on any atom is -0.468 e. The molecule has 0 aliphatic carbocycles. The van der Waals surface area contributed by atoms with Gasteiger partial charge in [0.2, 0.25) is 0 Å². The van der Waals surface area contributed by atoms with Gasteiger partial charge in [0, 0.05) is 23.4 Å². The first-order valence-electron chi connectivity index (χ1n) is 11.5. The van der Waals surface area contributed by atoms with Crippen molar-refractivity contribution in [3.63, 3.8) is 0 Å². The molecule has 2 heterocycles. The SMILES string of the molecule is COC(=O)C1C(C)=NC(C)=C(C(=O)OCCN2C(=O)c3ccccc3C2=O)C1c1c(Cl)cccc1[N+](=O)[O-]. The molecule has 11 nitrogen and oxygen atoms in total. The van der Waals surface area contributed by atoms with Crippen molar-refractivity contribution >= 4 is 46.8 Å². The zero-order valence-electron chi connectivity index (χ0n) is 20.6. The van der Waals surface area contributed by atoms with Crippen molar-refractivity contribution in [3.05, 3.63) is 85.6 Å². The first kappa shape index (κ1) is 26.7. The van der Waals surface area contributed by atoms with Crippen LogP contribution in [-0.2, 0) is 19.1 Å². The van der Waals surface area contributed by atoms with E-state index in [1.54, 1.807) is 19.1 Å². The fourth-order valence-corrected chi connectivity index (χ4v) is 5.08. The van der Waals surface area contributed by atoms with Gasteiger partial charge in [-0.05, 0) is 32.0 Å². The van der Waals surface area contributed by atoms with Crippen LogP contribution in [0, 0.1) is 16.0 Å². The number of hydrogen-bond acceptors (Lipinski definition) is 9. The van der Waals surface area contributed by atoms with Gasteiger partial charge in [0.15, 0.2) is 0 Å². The topological polar surface area (TPSA) is 145 Å². The number of ether oxygens (including phenoxy) is 2. The molecule has 0 saturated carbocycles. The number of carbonyl (C=O) groups excluding carboxylic acids is 4. The second-order valence-electron chi connectivity index (χ2n) is 8.60. The lowest BCUT2D eigenvalue weighted by Crippen LogP contribution is -2.37. The largest absolute Gasteiger partial charge is 0.468 e. The molecule has 2 aromatic rings. The van der Waals surface area contributed by atoms with Gasteiger partial charge in [-0.15, -0.1) is 0 Å². The molecular weight excluding hydrogens is 518 g/mol. The zero-order valence-corrected chi connectivity index (χ0v) is 21.4. The quantitative estimate of drug-likeness (QED) is 0.224. The highest BCUT2D eigenvalue weighted by Crippen LogP contribution is 2.46. The number of amides is 2. The molecule has 0 N–H and O–H groups in total. The molecule has 0 saturated heterocycles. The summed E-state index contributed by atoms with van der Waals surface area (Å²) in [5.41, 5.74) is 0.386. The fraction of sp³-hybridized carbons (Fsp3) is 0.269. The number of aliphatic imine (C=N–C) groups is 1. The highest BCUT2D eigenvalue weighted by molar-refractivity contribution is 6.32. The van der Waals surface area contributed by atoms with Gasteiger partial charge in [0.05, 0.1) is 45.9 Å². The number of benzene rings is 2. The molecule has 0 fully saturated rings. The van der Waals surface area contributed by atoms with E-state index in [-0.39, 0.29) is 51.8 Å². The van der Waals surface area contributed by atoms with Crippen LogP contribution in [0.1, 0.15) is 46.0 Å². The van der Waals surface area contributed by atoms with Crippen molar-refractivity contribution in [2.75, 3.05) is 20.3 Å². The number of carbonyl (C=O) groups is 4. The summed E-state index contributed by atoms with van der Waals surface area (Å²) in [5, 5.41) is 11.8. The van der Waals surface area contributed by atoms with Crippen LogP contribution in [0.15, 0.2) is 58.7 Å².